The number of halogens is 2. The maximum atomic E-state index is 3.68. The third-order valence-corrected chi connectivity index (χ3v) is 4.46. The van der Waals surface area contributed by atoms with Gasteiger partial charge >= 0.3 is 0 Å². The molecule has 0 saturated heterocycles. The van der Waals surface area contributed by atoms with Gasteiger partial charge in [0.15, 0.2) is 0 Å². The fraction of sp³-hybridized carbons (Fsp3) is 0.294. The molecule has 0 aromatic heterocycles. The largest absolute Gasteiger partial charge is 0.306 e. The summed E-state index contributed by atoms with van der Waals surface area (Å²) < 4.78 is 2.22. The Kier molecular flexibility index (Phi) is 5.82. The first-order chi connectivity index (χ1) is 9.61. The van der Waals surface area contributed by atoms with Crippen LogP contribution in [0.5, 0.6) is 0 Å². The molecule has 0 amide bonds. The molecule has 0 aliphatic rings. The van der Waals surface area contributed by atoms with Gasteiger partial charge < -0.3 is 5.32 Å². The molecule has 0 heterocycles. The van der Waals surface area contributed by atoms with E-state index in [0.717, 1.165) is 21.9 Å². The molecule has 20 heavy (non-hydrogen) atoms. The second kappa shape index (κ2) is 7.39. The van der Waals surface area contributed by atoms with Gasteiger partial charge in [-0.05, 0) is 43.1 Å². The summed E-state index contributed by atoms with van der Waals surface area (Å²) in [5.74, 6) is 0. The number of rotatable bonds is 5. The van der Waals surface area contributed by atoms with Gasteiger partial charge in [-0.15, -0.1) is 0 Å². The van der Waals surface area contributed by atoms with Crippen molar-refractivity contribution in [1.82, 2.24) is 5.32 Å². The zero-order chi connectivity index (χ0) is 14.5. The quantitative estimate of drug-likeness (QED) is 0.692. The number of nitrogens with one attached hydrogen (secondary N) is 1. The second-order valence-electron chi connectivity index (χ2n) is 4.96. The highest BCUT2D eigenvalue weighted by Crippen LogP contribution is 2.31. The standard InChI is InChI=1S/C17H19Br2N/c1-3-10-20-17(13-6-4-12(2)5-7-13)15-9-8-14(18)11-16(15)19/h4-9,11,17,20H,3,10H2,1-2H3. The smallest absolute Gasteiger partial charge is 0.0587 e. The first-order valence-electron chi connectivity index (χ1n) is 6.86. The Balaban J connectivity index is 2.38. The fourth-order valence-electron chi connectivity index (χ4n) is 2.19. The van der Waals surface area contributed by atoms with E-state index in [-0.39, 0.29) is 6.04 Å². The molecular weight excluding hydrogens is 378 g/mol. The van der Waals surface area contributed by atoms with E-state index in [1.54, 1.807) is 0 Å². The Morgan fingerprint density at radius 2 is 1.75 bits per heavy atom. The Bertz CT molecular complexity index is 564. The number of aryl methyl sites for hydroxylation is 1. The molecule has 1 N–H and O–H groups in total. The highest BCUT2D eigenvalue weighted by molar-refractivity contribution is 9.11. The van der Waals surface area contributed by atoms with E-state index in [9.17, 15) is 0 Å². The van der Waals surface area contributed by atoms with Gasteiger partial charge in [-0.25, -0.2) is 0 Å². The normalized spacial score (nSPS) is 12.4. The number of hydrogen-bond donors (Lipinski definition) is 1. The third-order valence-electron chi connectivity index (χ3n) is 3.28. The minimum absolute atomic E-state index is 0.220. The molecule has 0 fully saturated rings. The highest BCUT2D eigenvalue weighted by Gasteiger charge is 2.16. The Morgan fingerprint density at radius 1 is 1.05 bits per heavy atom. The van der Waals surface area contributed by atoms with Crippen LogP contribution in [0, 0.1) is 6.92 Å². The molecule has 1 unspecified atom stereocenters. The average molecular weight is 397 g/mol. The van der Waals surface area contributed by atoms with Crippen LogP contribution >= 0.6 is 31.9 Å². The summed E-state index contributed by atoms with van der Waals surface area (Å²) in [4.78, 5) is 0. The Hall–Kier alpha value is -0.640. The van der Waals surface area contributed by atoms with Gasteiger partial charge in [-0.3, -0.25) is 0 Å². The average Bonchev–Trinajstić information content (AvgIpc) is 2.42. The predicted octanol–water partition coefficient (Wildman–Crippen LogP) is 5.61. The molecule has 0 aliphatic heterocycles. The van der Waals surface area contributed by atoms with Gasteiger partial charge in [0.1, 0.15) is 0 Å². The molecule has 0 saturated carbocycles. The van der Waals surface area contributed by atoms with Crippen molar-refractivity contribution >= 4 is 31.9 Å². The summed E-state index contributed by atoms with van der Waals surface area (Å²) >= 11 is 7.19. The van der Waals surface area contributed by atoms with E-state index in [0.29, 0.717) is 0 Å². The number of hydrogen-bond acceptors (Lipinski definition) is 1. The molecule has 2 aromatic carbocycles. The second-order valence-corrected chi connectivity index (χ2v) is 6.73. The maximum absolute atomic E-state index is 3.68. The Labute approximate surface area is 138 Å². The van der Waals surface area contributed by atoms with Crippen molar-refractivity contribution in [3.8, 4) is 0 Å². The van der Waals surface area contributed by atoms with Crippen LogP contribution in [0.15, 0.2) is 51.4 Å². The van der Waals surface area contributed by atoms with Crippen LogP contribution in [0.4, 0.5) is 0 Å². The van der Waals surface area contributed by atoms with E-state index >= 15 is 0 Å². The maximum Gasteiger partial charge on any atom is 0.0587 e. The van der Waals surface area contributed by atoms with Crippen LogP contribution < -0.4 is 5.32 Å². The van der Waals surface area contributed by atoms with Crippen molar-refractivity contribution < 1.29 is 0 Å². The summed E-state index contributed by atoms with van der Waals surface area (Å²) in [5.41, 5.74) is 3.86. The minimum Gasteiger partial charge on any atom is -0.306 e. The Morgan fingerprint density at radius 3 is 2.35 bits per heavy atom. The molecule has 106 valence electrons. The van der Waals surface area contributed by atoms with Gasteiger partial charge in [0, 0.05) is 8.95 Å². The molecule has 0 radical (unpaired) electrons. The van der Waals surface area contributed by atoms with Crippen LogP contribution in [0.1, 0.15) is 36.1 Å². The lowest BCUT2D eigenvalue weighted by Crippen LogP contribution is -2.23. The van der Waals surface area contributed by atoms with E-state index in [1.807, 2.05) is 0 Å². The summed E-state index contributed by atoms with van der Waals surface area (Å²) in [6.07, 6.45) is 1.12. The van der Waals surface area contributed by atoms with Crippen molar-refractivity contribution in [3.63, 3.8) is 0 Å². The van der Waals surface area contributed by atoms with Crippen LogP contribution in [0.25, 0.3) is 0 Å². The van der Waals surface area contributed by atoms with Crippen molar-refractivity contribution in [2.75, 3.05) is 6.54 Å². The zero-order valence-electron chi connectivity index (χ0n) is 11.8. The van der Waals surface area contributed by atoms with Gasteiger partial charge in [0.05, 0.1) is 6.04 Å². The van der Waals surface area contributed by atoms with Crippen LogP contribution in [0.3, 0.4) is 0 Å². The van der Waals surface area contributed by atoms with Gasteiger partial charge in [0.25, 0.3) is 0 Å². The minimum atomic E-state index is 0.220. The monoisotopic (exact) mass is 395 g/mol. The topological polar surface area (TPSA) is 12.0 Å². The zero-order valence-corrected chi connectivity index (χ0v) is 15.0. The molecule has 2 aromatic rings. The van der Waals surface area contributed by atoms with Crippen molar-refractivity contribution in [2.24, 2.45) is 0 Å². The summed E-state index contributed by atoms with van der Waals surface area (Å²) in [6, 6.07) is 15.3. The van der Waals surface area contributed by atoms with Gasteiger partial charge in [-0.1, -0.05) is 74.7 Å². The fourth-order valence-corrected chi connectivity index (χ4v) is 3.47. The molecule has 0 bridgehead atoms. The highest BCUT2D eigenvalue weighted by atomic mass is 79.9. The van der Waals surface area contributed by atoms with E-state index in [2.05, 4.69) is 93.5 Å². The molecule has 1 atom stereocenters. The molecule has 1 nitrogen and oxygen atoms in total. The summed E-state index contributed by atoms with van der Waals surface area (Å²) in [7, 11) is 0. The number of benzene rings is 2. The molecule has 2 rings (SSSR count). The third kappa shape index (κ3) is 3.94. The van der Waals surface area contributed by atoms with Crippen LogP contribution in [-0.4, -0.2) is 6.54 Å². The molecular formula is C17H19Br2N. The van der Waals surface area contributed by atoms with Crippen LogP contribution in [0.2, 0.25) is 0 Å². The van der Waals surface area contributed by atoms with Gasteiger partial charge in [0.2, 0.25) is 0 Å². The molecule has 0 spiro atoms. The van der Waals surface area contributed by atoms with E-state index in [1.165, 1.54) is 16.7 Å². The lowest BCUT2D eigenvalue weighted by Gasteiger charge is -2.21. The summed E-state index contributed by atoms with van der Waals surface area (Å²) in [5, 5.41) is 3.64. The van der Waals surface area contributed by atoms with Crippen molar-refractivity contribution in [2.45, 2.75) is 26.3 Å². The molecule has 3 heteroatoms. The predicted molar refractivity (Wildman–Crippen MR) is 93.2 cm³/mol. The summed E-state index contributed by atoms with van der Waals surface area (Å²) in [6.45, 7) is 5.31. The van der Waals surface area contributed by atoms with E-state index < -0.39 is 0 Å². The van der Waals surface area contributed by atoms with E-state index in [4.69, 9.17) is 0 Å². The first-order valence-corrected chi connectivity index (χ1v) is 8.45. The lowest BCUT2D eigenvalue weighted by atomic mass is 9.97. The van der Waals surface area contributed by atoms with Crippen molar-refractivity contribution in [3.05, 3.63) is 68.1 Å². The van der Waals surface area contributed by atoms with Gasteiger partial charge in [-0.2, -0.15) is 0 Å². The van der Waals surface area contributed by atoms with Crippen LogP contribution in [-0.2, 0) is 0 Å². The lowest BCUT2D eigenvalue weighted by molar-refractivity contribution is 0.597. The first kappa shape index (κ1) is 15.7. The van der Waals surface area contributed by atoms with Crippen molar-refractivity contribution in [1.29, 1.82) is 0 Å². The molecule has 0 aliphatic carbocycles. The SMILES string of the molecule is CCCNC(c1ccc(C)cc1)c1ccc(Br)cc1Br.